The van der Waals surface area contributed by atoms with Gasteiger partial charge in [0.05, 0.1) is 41.0 Å². The number of hydrogen-bond donors (Lipinski definition) is 2. The predicted octanol–water partition coefficient (Wildman–Crippen LogP) is 4.63. The van der Waals surface area contributed by atoms with E-state index in [-0.39, 0.29) is 35.0 Å². The second-order valence-corrected chi connectivity index (χ2v) is 8.41. The van der Waals surface area contributed by atoms with E-state index in [0.717, 1.165) is 11.8 Å². The van der Waals surface area contributed by atoms with E-state index in [9.17, 15) is 19.2 Å². The zero-order valence-electron chi connectivity index (χ0n) is 19.3. The summed E-state index contributed by atoms with van der Waals surface area (Å²) in [7, 11) is 1.53. The molecule has 0 spiro atoms. The fourth-order valence-corrected chi connectivity index (χ4v) is 4.46. The van der Waals surface area contributed by atoms with Crippen LogP contribution < -0.4 is 15.4 Å². The number of dihydropyridines is 1. The summed E-state index contributed by atoms with van der Waals surface area (Å²) in [6.07, 6.45) is 1.42. The van der Waals surface area contributed by atoms with Gasteiger partial charge in [-0.3, -0.25) is 4.79 Å². The lowest BCUT2D eigenvalue weighted by molar-refractivity contribution is -0.138. The highest BCUT2D eigenvalue weighted by atomic mass is 32.2. The number of rotatable bonds is 9. The Balaban J connectivity index is 1.90. The van der Waals surface area contributed by atoms with Crippen LogP contribution in [0.3, 0.4) is 0 Å². The summed E-state index contributed by atoms with van der Waals surface area (Å²) in [6.45, 7) is 5.14. The van der Waals surface area contributed by atoms with Crippen LogP contribution >= 0.6 is 11.8 Å². The molecule has 0 saturated carbocycles. The topological polar surface area (TPSA) is 100 Å². The van der Waals surface area contributed by atoms with Crippen molar-refractivity contribution in [1.82, 2.24) is 5.32 Å². The van der Waals surface area contributed by atoms with Gasteiger partial charge in [0.1, 0.15) is 18.2 Å². The first kappa shape index (κ1) is 25.6. The van der Waals surface area contributed by atoms with Crippen LogP contribution in [0.2, 0.25) is 0 Å². The Hall–Kier alpha value is -4.03. The Kier molecular flexibility index (Phi) is 8.70. The van der Waals surface area contributed by atoms with Crippen molar-refractivity contribution < 1.29 is 23.5 Å². The fourth-order valence-electron chi connectivity index (χ4n) is 3.57. The number of esters is 1. The second kappa shape index (κ2) is 11.9. The van der Waals surface area contributed by atoms with Gasteiger partial charge in [-0.15, -0.1) is 0 Å². The number of nitriles is 1. The molecule has 1 amide bonds. The van der Waals surface area contributed by atoms with Gasteiger partial charge in [0, 0.05) is 23.0 Å². The van der Waals surface area contributed by atoms with E-state index in [4.69, 9.17) is 9.47 Å². The Morgan fingerprint density at radius 1 is 1.29 bits per heavy atom. The van der Waals surface area contributed by atoms with Crippen LogP contribution in [0.1, 0.15) is 18.4 Å². The number of halogens is 1. The number of ether oxygens (including phenoxy) is 2. The van der Waals surface area contributed by atoms with Crippen LogP contribution in [0, 0.1) is 17.1 Å². The van der Waals surface area contributed by atoms with E-state index in [1.165, 1.54) is 31.4 Å². The van der Waals surface area contributed by atoms with Crippen molar-refractivity contribution >= 4 is 29.3 Å². The normalized spacial score (nSPS) is 15.1. The SMILES string of the molecule is C=CCOC(=O)C1=C(C)NC(SCC(=O)Nc2cccc(OC)c2)=C(C#N)C1c1ccccc1F. The van der Waals surface area contributed by atoms with Gasteiger partial charge in [-0.1, -0.05) is 48.7 Å². The van der Waals surface area contributed by atoms with Gasteiger partial charge in [-0.25, -0.2) is 9.18 Å². The van der Waals surface area contributed by atoms with Gasteiger partial charge < -0.3 is 20.1 Å². The van der Waals surface area contributed by atoms with Gasteiger partial charge >= 0.3 is 5.97 Å². The summed E-state index contributed by atoms with van der Waals surface area (Å²) in [5, 5.41) is 16.2. The molecular weight excluding hydrogens is 469 g/mol. The number of anilines is 1. The minimum absolute atomic E-state index is 0.0295. The molecule has 1 atom stereocenters. The molecule has 0 aromatic heterocycles. The highest BCUT2D eigenvalue weighted by Gasteiger charge is 2.37. The number of thioether (sulfide) groups is 1. The Bertz CT molecular complexity index is 1250. The van der Waals surface area contributed by atoms with Crippen LogP contribution in [-0.2, 0) is 14.3 Å². The van der Waals surface area contributed by atoms with E-state index in [0.29, 0.717) is 22.2 Å². The summed E-state index contributed by atoms with van der Waals surface area (Å²) < 4.78 is 25.2. The van der Waals surface area contributed by atoms with Crippen LogP contribution in [0.4, 0.5) is 10.1 Å². The van der Waals surface area contributed by atoms with Crippen LogP contribution in [0.25, 0.3) is 0 Å². The average molecular weight is 494 g/mol. The highest BCUT2D eigenvalue weighted by Crippen LogP contribution is 2.41. The summed E-state index contributed by atoms with van der Waals surface area (Å²) >= 11 is 1.08. The summed E-state index contributed by atoms with van der Waals surface area (Å²) in [4.78, 5) is 25.4. The molecule has 7 nitrogen and oxygen atoms in total. The van der Waals surface area contributed by atoms with E-state index >= 15 is 0 Å². The van der Waals surface area contributed by atoms with Gasteiger partial charge in [-0.05, 0) is 25.1 Å². The molecular formula is C26H24FN3O4S. The van der Waals surface area contributed by atoms with Crippen LogP contribution in [-0.4, -0.2) is 31.3 Å². The zero-order valence-corrected chi connectivity index (χ0v) is 20.1. The largest absolute Gasteiger partial charge is 0.497 e. The first-order valence-electron chi connectivity index (χ1n) is 10.6. The molecule has 1 unspecified atom stereocenters. The second-order valence-electron chi connectivity index (χ2n) is 7.43. The fraction of sp³-hybridized carbons (Fsp3) is 0.192. The smallest absolute Gasteiger partial charge is 0.337 e. The third-order valence-electron chi connectivity index (χ3n) is 5.12. The lowest BCUT2D eigenvalue weighted by Crippen LogP contribution is -2.30. The summed E-state index contributed by atoms with van der Waals surface area (Å²) in [6, 6.07) is 15.0. The van der Waals surface area contributed by atoms with E-state index in [1.807, 2.05) is 0 Å². The third kappa shape index (κ3) is 6.11. The number of nitrogens with zero attached hydrogens (tertiary/aromatic N) is 1. The number of nitrogens with one attached hydrogen (secondary N) is 2. The number of hydrogen-bond acceptors (Lipinski definition) is 7. The monoisotopic (exact) mass is 493 g/mol. The molecule has 0 fully saturated rings. The Morgan fingerprint density at radius 2 is 2.06 bits per heavy atom. The lowest BCUT2D eigenvalue weighted by Gasteiger charge is -2.29. The number of amides is 1. The molecule has 3 rings (SSSR count). The molecule has 1 aliphatic rings. The molecule has 2 aromatic carbocycles. The maximum Gasteiger partial charge on any atom is 0.337 e. The van der Waals surface area contributed by atoms with Crippen molar-refractivity contribution in [3.63, 3.8) is 0 Å². The highest BCUT2D eigenvalue weighted by molar-refractivity contribution is 8.03. The van der Waals surface area contributed by atoms with Crippen molar-refractivity contribution in [3.05, 3.63) is 94.4 Å². The van der Waals surface area contributed by atoms with E-state index in [2.05, 4.69) is 23.3 Å². The standard InChI is InChI=1S/C26H24FN3O4S/c1-4-12-34-26(32)23-16(2)29-25(20(14-28)24(23)19-10-5-6-11-21(19)27)35-15-22(31)30-17-8-7-9-18(13-17)33-3/h4-11,13,24,29H,1,12,15H2,2-3H3,(H,30,31). The quantitative estimate of drug-likeness (QED) is 0.388. The van der Waals surface area contributed by atoms with Crippen molar-refractivity contribution in [2.75, 3.05) is 24.8 Å². The van der Waals surface area contributed by atoms with Crippen LogP contribution in [0.5, 0.6) is 5.75 Å². The molecule has 1 heterocycles. The molecule has 0 bridgehead atoms. The number of benzene rings is 2. The van der Waals surface area contributed by atoms with E-state index < -0.39 is 17.7 Å². The Morgan fingerprint density at radius 3 is 2.74 bits per heavy atom. The zero-order chi connectivity index (χ0) is 25.4. The predicted molar refractivity (Wildman–Crippen MR) is 133 cm³/mol. The molecule has 2 aromatic rings. The number of methoxy groups -OCH3 is 1. The van der Waals surface area contributed by atoms with Crippen molar-refractivity contribution in [3.8, 4) is 11.8 Å². The van der Waals surface area contributed by atoms with Gasteiger partial charge in [-0.2, -0.15) is 5.26 Å². The lowest BCUT2D eigenvalue weighted by atomic mass is 9.82. The Labute approximate surface area is 207 Å². The first-order valence-corrected chi connectivity index (χ1v) is 11.6. The molecule has 1 aliphatic heterocycles. The molecule has 0 saturated heterocycles. The first-order chi connectivity index (χ1) is 16.9. The van der Waals surface area contributed by atoms with Crippen molar-refractivity contribution in [1.29, 1.82) is 5.26 Å². The summed E-state index contributed by atoms with van der Waals surface area (Å²) in [5.41, 5.74) is 1.37. The number of carbonyl (C=O) groups excluding carboxylic acids is 2. The number of carbonyl (C=O) groups is 2. The minimum Gasteiger partial charge on any atom is -0.497 e. The van der Waals surface area contributed by atoms with E-state index in [1.54, 1.807) is 37.3 Å². The van der Waals surface area contributed by atoms with Gasteiger partial charge in [0.15, 0.2) is 0 Å². The third-order valence-corrected chi connectivity index (χ3v) is 6.13. The maximum absolute atomic E-state index is 14.8. The molecule has 0 radical (unpaired) electrons. The van der Waals surface area contributed by atoms with Crippen LogP contribution in [0.15, 0.2) is 83.1 Å². The molecule has 0 aliphatic carbocycles. The minimum atomic E-state index is -0.997. The average Bonchev–Trinajstić information content (AvgIpc) is 2.86. The van der Waals surface area contributed by atoms with Gasteiger partial charge in [0.25, 0.3) is 0 Å². The molecule has 2 N–H and O–H groups in total. The molecule has 180 valence electrons. The molecule has 35 heavy (non-hydrogen) atoms. The maximum atomic E-state index is 14.8. The summed E-state index contributed by atoms with van der Waals surface area (Å²) in [5.74, 6) is -1.98. The molecule has 9 heteroatoms. The van der Waals surface area contributed by atoms with Crippen molar-refractivity contribution in [2.24, 2.45) is 0 Å². The van der Waals surface area contributed by atoms with Crippen molar-refractivity contribution in [2.45, 2.75) is 12.8 Å². The number of allylic oxidation sites excluding steroid dienone is 2. The van der Waals surface area contributed by atoms with Gasteiger partial charge in [0.2, 0.25) is 5.91 Å².